The minimum absolute atomic E-state index is 0.0424. The number of phenolic OH excluding ortho intramolecular Hbond substituents is 2. The Kier molecular flexibility index (Phi) is 5.62. The number of ketones is 1. The number of carbonyl (C=O) groups excluding carboxylic acids is 1. The number of hydrogen-bond acceptors (Lipinski definition) is 3. The van der Waals surface area contributed by atoms with Crippen molar-refractivity contribution in [3.05, 3.63) is 130 Å². The molecular formula is C27H22O3. The van der Waals surface area contributed by atoms with Gasteiger partial charge in [0.2, 0.25) is 0 Å². The van der Waals surface area contributed by atoms with Gasteiger partial charge in [-0.1, -0.05) is 84.9 Å². The number of benzene rings is 4. The molecule has 2 N–H and O–H groups in total. The van der Waals surface area contributed by atoms with E-state index in [1.807, 2.05) is 72.8 Å². The summed E-state index contributed by atoms with van der Waals surface area (Å²) in [6.07, 6.45) is 1.04. The van der Waals surface area contributed by atoms with E-state index in [1.54, 1.807) is 24.3 Å². The van der Waals surface area contributed by atoms with Crippen molar-refractivity contribution < 1.29 is 15.0 Å². The quantitative estimate of drug-likeness (QED) is 0.424. The van der Waals surface area contributed by atoms with E-state index in [0.717, 1.165) is 11.1 Å². The highest BCUT2D eigenvalue weighted by atomic mass is 16.3. The minimum atomic E-state index is -0.394. The van der Waals surface area contributed by atoms with Crippen molar-refractivity contribution in [2.75, 3.05) is 0 Å². The van der Waals surface area contributed by atoms with Crippen LogP contribution >= 0.6 is 0 Å². The van der Waals surface area contributed by atoms with Gasteiger partial charge < -0.3 is 10.2 Å². The largest absolute Gasteiger partial charge is 0.507 e. The fourth-order valence-electron chi connectivity index (χ4n) is 3.61. The SMILES string of the molecule is O=C(c1cccc(Cc2ccccc2)c1O)c1cccc(Cc2ccccc2)c1O. The lowest BCUT2D eigenvalue weighted by molar-refractivity contribution is 0.103. The molecule has 0 saturated heterocycles. The van der Waals surface area contributed by atoms with E-state index in [2.05, 4.69) is 0 Å². The van der Waals surface area contributed by atoms with Crippen molar-refractivity contribution in [3.63, 3.8) is 0 Å². The highest BCUT2D eigenvalue weighted by Gasteiger charge is 2.20. The summed E-state index contributed by atoms with van der Waals surface area (Å²) in [4.78, 5) is 13.2. The topological polar surface area (TPSA) is 57.5 Å². The van der Waals surface area contributed by atoms with Crippen molar-refractivity contribution in [1.29, 1.82) is 0 Å². The second-order valence-corrected chi connectivity index (χ2v) is 7.28. The lowest BCUT2D eigenvalue weighted by Crippen LogP contribution is -2.05. The Morgan fingerprint density at radius 1 is 0.533 bits per heavy atom. The summed E-state index contributed by atoms with van der Waals surface area (Å²) < 4.78 is 0. The molecule has 0 unspecified atom stereocenters. The lowest BCUT2D eigenvalue weighted by atomic mass is 9.94. The van der Waals surface area contributed by atoms with E-state index in [4.69, 9.17) is 0 Å². The van der Waals surface area contributed by atoms with Crippen LogP contribution in [0.4, 0.5) is 0 Å². The van der Waals surface area contributed by atoms with Crippen molar-refractivity contribution in [3.8, 4) is 11.5 Å². The molecule has 4 rings (SSSR count). The summed E-state index contributed by atoms with van der Waals surface area (Å²) >= 11 is 0. The van der Waals surface area contributed by atoms with Crippen LogP contribution < -0.4 is 0 Å². The highest BCUT2D eigenvalue weighted by molar-refractivity contribution is 6.12. The normalized spacial score (nSPS) is 10.7. The summed E-state index contributed by atoms with van der Waals surface area (Å²) in [5.41, 5.74) is 3.82. The van der Waals surface area contributed by atoms with E-state index < -0.39 is 5.78 Å². The number of rotatable bonds is 6. The Labute approximate surface area is 175 Å². The van der Waals surface area contributed by atoms with Gasteiger partial charge in [0.15, 0.2) is 5.78 Å². The third kappa shape index (κ3) is 4.11. The van der Waals surface area contributed by atoms with E-state index >= 15 is 0 Å². The van der Waals surface area contributed by atoms with Gasteiger partial charge in [0.25, 0.3) is 0 Å². The maximum absolute atomic E-state index is 13.2. The van der Waals surface area contributed by atoms with Gasteiger partial charge in [-0.25, -0.2) is 0 Å². The third-order valence-electron chi connectivity index (χ3n) is 5.20. The summed E-state index contributed by atoms with van der Waals surface area (Å²) in [5, 5.41) is 21.5. The Bertz CT molecular complexity index is 1070. The fraction of sp³-hybridized carbons (Fsp3) is 0.0741. The van der Waals surface area contributed by atoms with E-state index in [0.29, 0.717) is 24.0 Å². The number of hydrogen-bond donors (Lipinski definition) is 2. The first kappa shape index (κ1) is 19.5. The molecule has 0 heterocycles. The van der Waals surface area contributed by atoms with Crippen molar-refractivity contribution in [2.45, 2.75) is 12.8 Å². The standard InChI is InChI=1S/C27H22O3/c28-25-21(17-19-9-3-1-4-10-19)13-7-15-23(25)27(30)24-16-8-14-22(26(24)29)18-20-11-5-2-6-12-20/h1-16,28-29H,17-18H2. The third-order valence-corrected chi connectivity index (χ3v) is 5.20. The van der Waals surface area contributed by atoms with Crippen molar-refractivity contribution >= 4 is 5.78 Å². The molecule has 0 fully saturated rings. The molecule has 3 nitrogen and oxygen atoms in total. The molecular weight excluding hydrogens is 372 g/mol. The average Bonchev–Trinajstić information content (AvgIpc) is 2.78. The van der Waals surface area contributed by atoms with Gasteiger partial charge in [-0.15, -0.1) is 0 Å². The molecule has 0 radical (unpaired) electrons. The zero-order chi connectivity index (χ0) is 20.9. The van der Waals surface area contributed by atoms with Gasteiger partial charge in [0, 0.05) is 12.8 Å². The van der Waals surface area contributed by atoms with Crippen LogP contribution in [-0.2, 0) is 12.8 Å². The van der Waals surface area contributed by atoms with Crippen LogP contribution in [0.25, 0.3) is 0 Å². The van der Waals surface area contributed by atoms with Crippen LogP contribution in [0.5, 0.6) is 11.5 Å². The summed E-state index contributed by atoms with van der Waals surface area (Å²) in [5.74, 6) is -0.478. The highest BCUT2D eigenvalue weighted by Crippen LogP contribution is 2.31. The summed E-state index contributed by atoms with van der Waals surface area (Å²) in [6, 6.07) is 29.9. The Hall–Kier alpha value is -3.85. The molecule has 148 valence electrons. The molecule has 0 saturated carbocycles. The number of phenols is 2. The predicted octanol–water partition coefficient (Wildman–Crippen LogP) is 5.51. The number of carbonyl (C=O) groups is 1. The maximum Gasteiger partial charge on any atom is 0.200 e. The molecule has 30 heavy (non-hydrogen) atoms. The minimum Gasteiger partial charge on any atom is -0.507 e. The first-order chi connectivity index (χ1) is 14.6. The van der Waals surface area contributed by atoms with E-state index in [9.17, 15) is 15.0 Å². The van der Waals surface area contributed by atoms with Gasteiger partial charge >= 0.3 is 0 Å². The molecule has 0 aliphatic carbocycles. The molecule has 3 heteroatoms. The van der Waals surface area contributed by atoms with Crippen LogP contribution in [0.1, 0.15) is 38.2 Å². The zero-order valence-electron chi connectivity index (χ0n) is 16.5. The van der Waals surface area contributed by atoms with Crippen LogP contribution in [0, 0.1) is 0 Å². The molecule has 0 amide bonds. The Balaban J connectivity index is 1.65. The van der Waals surface area contributed by atoms with Crippen molar-refractivity contribution in [2.24, 2.45) is 0 Å². The molecule has 0 atom stereocenters. The monoisotopic (exact) mass is 394 g/mol. The molecule has 0 spiro atoms. The maximum atomic E-state index is 13.2. The Morgan fingerprint density at radius 2 is 0.933 bits per heavy atom. The van der Waals surface area contributed by atoms with Gasteiger partial charge in [-0.05, 0) is 34.4 Å². The smallest absolute Gasteiger partial charge is 0.200 e. The summed E-state index contributed by atoms with van der Waals surface area (Å²) in [6.45, 7) is 0. The van der Waals surface area contributed by atoms with E-state index in [-0.39, 0.29) is 22.6 Å². The summed E-state index contributed by atoms with van der Waals surface area (Å²) in [7, 11) is 0. The fourth-order valence-corrected chi connectivity index (χ4v) is 3.61. The molecule has 0 aromatic heterocycles. The van der Waals surface area contributed by atoms with Crippen LogP contribution in [0.15, 0.2) is 97.1 Å². The van der Waals surface area contributed by atoms with Gasteiger partial charge in [-0.2, -0.15) is 0 Å². The van der Waals surface area contributed by atoms with Crippen LogP contribution in [-0.4, -0.2) is 16.0 Å². The second-order valence-electron chi connectivity index (χ2n) is 7.28. The first-order valence-corrected chi connectivity index (χ1v) is 9.87. The number of aromatic hydroxyl groups is 2. The molecule has 4 aromatic carbocycles. The zero-order valence-corrected chi connectivity index (χ0v) is 16.5. The molecule has 0 aliphatic rings. The lowest BCUT2D eigenvalue weighted by Gasteiger charge is -2.12. The van der Waals surface area contributed by atoms with E-state index in [1.165, 1.54) is 0 Å². The Morgan fingerprint density at radius 3 is 1.33 bits per heavy atom. The average molecular weight is 394 g/mol. The second kappa shape index (κ2) is 8.66. The molecule has 0 bridgehead atoms. The van der Waals surface area contributed by atoms with Gasteiger partial charge in [0.05, 0.1) is 11.1 Å². The first-order valence-electron chi connectivity index (χ1n) is 9.87. The molecule has 0 aliphatic heterocycles. The predicted molar refractivity (Wildman–Crippen MR) is 118 cm³/mol. The number of para-hydroxylation sites is 2. The molecule has 4 aromatic rings. The van der Waals surface area contributed by atoms with Crippen LogP contribution in [0.3, 0.4) is 0 Å². The van der Waals surface area contributed by atoms with Crippen LogP contribution in [0.2, 0.25) is 0 Å². The van der Waals surface area contributed by atoms with Crippen molar-refractivity contribution in [1.82, 2.24) is 0 Å². The van der Waals surface area contributed by atoms with Gasteiger partial charge in [0.1, 0.15) is 11.5 Å². The van der Waals surface area contributed by atoms with Gasteiger partial charge in [-0.3, -0.25) is 4.79 Å².